The SMILES string of the molecule is COc1c(C2(C(=O)O)CCCC2)cc(F)c(F)c1F. The third-order valence-corrected chi connectivity index (χ3v) is 3.70. The number of carbonyl (C=O) groups is 1. The van der Waals surface area contributed by atoms with Crippen molar-refractivity contribution in [2.24, 2.45) is 0 Å². The van der Waals surface area contributed by atoms with Gasteiger partial charge in [-0.15, -0.1) is 0 Å². The molecule has 0 radical (unpaired) electrons. The van der Waals surface area contributed by atoms with Crippen LogP contribution >= 0.6 is 0 Å². The van der Waals surface area contributed by atoms with Crippen molar-refractivity contribution in [2.45, 2.75) is 31.1 Å². The van der Waals surface area contributed by atoms with E-state index in [9.17, 15) is 23.1 Å². The van der Waals surface area contributed by atoms with Gasteiger partial charge in [0.05, 0.1) is 12.5 Å². The second-order valence-corrected chi connectivity index (χ2v) is 4.66. The van der Waals surface area contributed by atoms with E-state index in [0.29, 0.717) is 12.8 Å². The molecule has 0 amide bonds. The van der Waals surface area contributed by atoms with Gasteiger partial charge >= 0.3 is 5.97 Å². The van der Waals surface area contributed by atoms with Gasteiger partial charge in [-0.05, 0) is 18.9 Å². The Morgan fingerprint density at radius 1 is 1.26 bits per heavy atom. The molecule has 2 rings (SSSR count). The van der Waals surface area contributed by atoms with E-state index in [1.54, 1.807) is 0 Å². The van der Waals surface area contributed by atoms with Gasteiger partial charge in [-0.3, -0.25) is 4.79 Å². The molecule has 1 aromatic rings. The molecule has 0 atom stereocenters. The zero-order chi connectivity index (χ0) is 14.2. The van der Waals surface area contributed by atoms with E-state index in [0.717, 1.165) is 13.2 Å². The molecule has 1 aliphatic rings. The zero-order valence-electron chi connectivity index (χ0n) is 10.3. The van der Waals surface area contributed by atoms with E-state index in [1.165, 1.54) is 0 Å². The van der Waals surface area contributed by atoms with Gasteiger partial charge in [-0.25, -0.2) is 8.78 Å². The molecule has 0 unspecified atom stereocenters. The maximum absolute atomic E-state index is 13.7. The fraction of sp³-hybridized carbons (Fsp3) is 0.462. The molecule has 1 aliphatic carbocycles. The largest absolute Gasteiger partial charge is 0.493 e. The highest BCUT2D eigenvalue weighted by Crippen LogP contribution is 2.46. The van der Waals surface area contributed by atoms with Crippen LogP contribution in [0.2, 0.25) is 0 Å². The third kappa shape index (κ3) is 1.95. The van der Waals surface area contributed by atoms with E-state index in [1.807, 2.05) is 0 Å². The van der Waals surface area contributed by atoms with Crippen LogP contribution < -0.4 is 4.74 Å². The number of rotatable bonds is 3. The maximum Gasteiger partial charge on any atom is 0.314 e. The van der Waals surface area contributed by atoms with Crippen molar-refractivity contribution in [1.82, 2.24) is 0 Å². The molecule has 1 saturated carbocycles. The second kappa shape index (κ2) is 4.75. The van der Waals surface area contributed by atoms with Crippen LogP contribution in [-0.2, 0) is 10.2 Å². The smallest absolute Gasteiger partial charge is 0.314 e. The molecular formula is C13H13F3O3. The highest BCUT2D eigenvalue weighted by atomic mass is 19.2. The molecule has 0 aromatic heterocycles. The number of benzene rings is 1. The first-order valence-corrected chi connectivity index (χ1v) is 5.89. The summed E-state index contributed by atoms with van der Waals surface area (Å²) in [6.45, 7) is 0. The first-order valence-electron chi connectivity index (χ1n) is 5.89. The number of carboxylic acid groups (broad SMARTS) is 1. The minimum Gasteiger partial charge on any atom is -0.493 e. The lowest BCUT2D eigenvalue weighted by molar-refractivity contribution is -0.143. The maximum atomic E-state index is 13.7. The van der Waals surface area contributed by atoms with Gasteiger partial charge in [0.1, 0.15) is 0 Å². The van der Waals surface area contributed by atoms with Gasteiger partial charge in [0.25, 0.3) is 0 Å². The summed E-state index contributed by atoms with van der Waals surface area (Å²) < 4.78 is 45.0. The van der Waals surface area contributed by atoms with Crippen LogP contribution in [0.3, 0.4) is 0 Å². The molecule has 19 heavy (non-hydrogen) atoms. The predicted octanol–water partition coefficient (Wildman–Crippen LogP) is 3.01. The zero-order valence-corrected chi connectivity index (χ0v) is 10.3. The fourth-order valence-corrected chi connectivity index (χ4v) is 2.71. The minimum atomic E-state index is -1.65. The summed E-state index contributed by atoms with van der Waals surface area (Å²) in [6.07, 6.45) is 1.78. The Kier molecular flexibility index (Phi) is 3.43. The topological polar surface area (TPSA) is 46.5 Å². The predicted molar refractivity (Wildman–Crippen MR) is 60.6 cm³/mol. The number of methoxy groups -OCH3 is 1. The van der Waals surface area contributed by atoms with Crippen LogP contribution in [0.25, 0.3) is 0 Å². The van der Waals surface area contributed by atoms with Gasteiger partial charge in [0.15, 0.2) is 17.4 Å². The fourth-order valence-electron chi connectivity index (χ4n) is 2.71. The van der Waals surface area contributed by atoms with Crippen LogP contribution in [-0.4, -0.2) is 18.2 Å². The van der Waals surface area contributed by atoms with E-state index in [4.69, 9.17) is 4.74 Å². The number of hydrogen-bond donors (Lipinski definition) is 1. The summed E-state index contributed by atoms with van der Waals surface area (Å²) in [7, 11) is 1.10. The van der Waals surface area contributed by atoms with E-state index in [2.05, 4.69) is 0 Å². The van der Waals surface area contributed by atoms with Crippen molar-refractivity contribution in [3.8, 4) is 5.75 Å². The summed E-state index contributed by atoms with van der Waals surface area (Å²) in [5.41, 5.74) is -1.53. The average molecular weight is 274 g/mol. The van der Waals surface area contributed by atoms with E-state index in [-0.39, 0.29) is 18.4 Å². The highest BCUT2D eigenvalue weighted by molar-refractivity contribution is 5.83. The molecule has 6 heteroatoms. The van der Waals surface area contributed by atoms with Crippen LogP contribution in [0.4, 0.5) is 13.2 Å². The number of halogens is 3. The Morgan fingerprint density at radius 2 is 1.84 bits per heavy atom. The number of hydrogen-bond acceptors (Lipinski definition) is 2. The number of carboxylic acids is 1. The van der Waals surface area contributed by atoms with Gasteiger partial charge in [-0.2, -0.15) is 4.39 Å². The summed E-state index contributed by atoms with van der Waals surface area (Å²) >= 11 is 0. The van der Waals surface area contributed by atoms with Crippen molar-refractivity contribution in [3.05, 3.63) is 29.1 Å². The van der Waals surface area contributed by atoms with Crippen LogP contribution in [0.5, 0.6) is 5.75 Å². The number of aliphatic carboxylic acids is 1. The molecule has 0 spiro atoms. The van der Waals surface area contributed by atoms with Gasteiger partial charge < -0.3 is 9.84 Å². The summed E-state index contributed by atoms with van der Waals surface area (Å²) in [5.74, 6) is -6.23. The van der Waals surface area contributed by atoms with Crippen molar-refractivity contribution in [3.63, 3.8) is 0 Å². The van der Waals surface area contributed by atoms with Crippen molar-refractivity contribution >= 4 is 5.97 Å². The van der Waals surface area contributed by atoms with Gasteiger partial charge in [-0.1, -0.05) is 12.8 Å². The molecule has 1 N–H and O–H groups in total. The molecule has 0 saturated heterocycles. The quantitative estimate of drug-likeness (QED) is 0.862. The Morgan fingerprint density at radius 3 is 2.32 bits per heavy atom. The molecule has 1 aromatic carbocycles. The first kappa shape index (κ1) is 13.7. The molecule has 1 fully saturated rings. The third-order valence-electron chi connectivity index (χ3n) is 3.70. The molecule has 0 aliphatic heterocycles. The van der Waals surface area contributed by atoms with Gasteiger partial charge in [0, 0.05) is 5.56 Å². The molecule has 0 bridgehead atoms. The Bertz CT molecular complexity index is 522. The second-order valence-electron chi connectivity index (χ2n) is 4.66. The van der Waals surface area contributed by atoms with E-state index >= 15 is 0 Å². The first-order chi connectivity index (χ1) is 8.94. The monoisotopic (exact) mass is 274 g/mol. The van der Waals surface area contributed by atoms with Crippen molar-refractivity contribution < 1.29 is 27.8 Å². The van der Waals surface area contributed by atoms with Crippen LogP contribution in [0.1, 0.15) is 31.2 Å². The Hall–Kier alpha value is -1.72. The Balaban J connectivity index is 2.70. The highest BCUT2D eigenvalue weighted by Gasteiger charge is 2.46. The lowest BCUT2D eigenvalue weighted by atomic mass is 9.78. The molecular weight excluding hydrogens is 261 g/mol. The van der Waals surface area contributed by atoms with E-state index < -0.39 is 34.6 Å². The standard InChI is InChI=1S/C13H13F3O3/c1-19-11-7(6-8(14)9(15)10(11)16)13(12(17)18)4-2-3-5-13/h6H,2-5H2,1H3,(H,17,18). The lowest BCUT2D eigenvalue weighted by Crippen LogP contribution is -2.33. The minimum absolute atomic E-state index is 0.128. The summed E-state index contributed by atoms with van der Waals surface area (Å²) in [5, 5.41) is 9.39. The molecule has 3 nitrogen and oxygen atoms in total. The van der Waals surface area contributed by atoms with Crippen molar-refractivity contribution in [1.29, 1.82) is 0 Å². The lowest BCUT2D eigenvalue weighted by Gasteiger charge is -2.26. The Labute approximate surface area is 108 Å². The normalized spacial score (nSPS) is 17.5. The van der Waals surface area contributed by atoms with Gasteiger partial charge in [0.2, 0.25) is 5.82 Å². The van der Waals surface area contributed by atoms with Crippen molar-refractivity contribution in [2.75, 3.05) is 7.11 Å². The summed E-state index contributed by atoms with van der Waals surface area (Å²) in [4.78, 5) is 11.5. The summed E-state index contributed by atoms with van der Waals surface area (Å²) in [6, 6.07) is 0.733. The van der Waals surface area contributed by atoms with Crippen LogP contribution in [0, 0.1) is 17.5 Å². The molecule has 0 heterocycles. The molecule has 104 valence electrons. The average Bonchev–Trinajstić information content (AvgIpc) is 2.86. The van der Waals surface area contributed by atoms with Crippen LogP contribution in [0.15, 0.2) is 6.07 Å². The number of ether oxygens (including phenoxy) is 1.